The third-order valence-corrected chi connectivity index (χ3v) is 0.289. The van der Waals surface area contributed by atoms with Crippen LogP contribution in [0.4, 0.5) is 0 Å². The molecule has 8 heavy (non-hydrogen) atoms. The van der Waals surface area contributed by atoms with Crippen LogP contribution in [-0.4, -0.2) is 12.5 Å². The lowest BCUT2D eigenvalue weighted by Gasteiger charge is -1.87. The maximum absolute atomic E-state index is 9.26. The molecule has 0 fully saturated rings. The van der Waals surface area contributed by atoms with Crippen molar-refractivity contribution >= 4 is 5.97 Å². The Hall–Kier alpha value is -0.570. The average molecular weight is 119 g/mol. The Labute approximate surface area is 49.5 Å². The molecule has 0 radical (unpaired) electrons. The Morgan fingerprint density at radius 3 is 1.75 bits per heavy atom. The number of hydrogen-bond acceptors (Lipinski definition) is 2. The van der Waals surface area contributed by atoms with Crippen molar-refractivity contribution in [3.63, 3.8) is 0 Å². The lowest BCUT2D eigenvalue weighted by Crippen LogP contribution is -2.48. The van der Waals surface area contributed by atoms with Gasteiger partial charge in [0.05, 0.1) is 6.54 Å². The third-order valence-electron chi connectivity index (χ3n) is 0.289. The maximum atomic E-state index is 9.26. The van der Waals surface area contributed by atoms with Crippen LogP contribution in [0.3, 0.4) is 0 Å². The normalized spacial score (nSPS) is 6.88. The van der Waals surface area contributed by atoms with Gasteiger partial charge in [0.2, 0.25) is 0 Å². The summed E-state index contributed by atoms with van der Waals surface area (Å²) in [5.74, 6) is -0.995. The number of aliphatic carboxylic acids is 1. The highest BCUT2D eigenvalue weighted by Gasteiger charge is 1.65. The fourth-order valence-corrected chi connectivity index (χ4v) is 0. The van der Waals surface area contributed by atoms with Gasteiger partial charge in [-0.2, -0.15) is 0 Å². The zero-order valence-corrected chi connectivity index (χ0v) is 5.44. The quantitative estimate of drug-likeness (QED) is 0.451. The SMILES string of the molecule is CCC(=O)[O-].CC[NH3+]. The second kappa shape index (κ2) is 9.66. The Morgan fingerprint density at radius 1 is 1.62 bits per heavy atom. The van der Waals surface area contributed by atoms with E-state index in [1.165, 1.54) is 6.92 Å². The number of rotatable bonds is 1. The molecule has 0 bridgehead atoms. The third kappa shape index (κ3) is 52.1. The van der Waals surface area contributed by atoms with Crippen LogP contribution in [0, 0.1) is 0 Å². The lowest BCUT2D eigenvalue weighted by atomic mass is 10.5. The van der Waals surface area contributed by atoms with Crippen LogP contribution in [0.5, 0.6) is 0 Å². The van der Waals surface area contributed by atoms with E-state index >= 15 is 0 Å². The molecular formula is C5H13NO2. The highest BCUT2D eigenvalue weighted by Crippen LogP contribution is 1.61. The van der Waals surface area contributed by atoms with E-state index < -0.39 is 5.97 Å². The lowest BCUT2D eigenvalue weighted by molar-refractivity contribution is -0.361. The molecule has 3 heteroatoms. The van der Waals surface area contributed by atoms with Crippen molar-refractivity contribution in [3.8, 4) is 0 Å². The minimum absolute atomic E-state index is 0.111. The zero-order valence-electron chi connectivity index (χ0n) is 5.44. The molecule has 0 aliphatic rings. The van der Waals surface area contributed by atoms with E-state index in [0.717, 1.165) is 6.54 Å². The van der Waals surface area contributed by atoms with Gasteiger partial charge in [-0.25, -0.2) is 0 Å². The predicted octanol–water partition coefficient (Wildman–Crippen LogP) is -1.61. The van der Waals surface area contributed by atoms with Gasteiger partial charge in [0.25, 0.3) is 0 Å². The summed E-state index contributed by atoms with van der Waals surface area (Å²) in [7, 11) is 0. The summed E-state index contributed by atoms with van der Waals surface area (Å²) in [6.45, 7) is 4.55. The molecular weight excluding hydrogens is 106 g/mol. The predicted molar refractivity (Wildman–Crippen MR) is 28.7 cm³/mol. The second-order valence-electron chi connectivity index (χ2n) is 1.23. The zero-order chi connectivity index (χ0) is 6.99. The number of carbonyl (C=O) groups is 1. The van der Waals surface area contributed by atoms with Crippen molar-refractivity contribution in [1.82, 2.24) is 0 Å². The molecule has 0 unspecified atom stereocenters. The van der Waals surface area contributed by atoms with Gasteiger partial charge in [-0.3, -0.25) is 0 Å². The Morgan fingerprint density at radius 2 is 1.75 bits per heavy atom. The van der Waals surface area contributed by atoms with Crippen molar-refractivity contribution in [2.45, 2.75) is 20.3 Å². The number of carbonyl (C=O) groups excluding carboxylic acids is 1. The van der Waals surface area contributed by atoms with Crippen molar-refractivity contribution in [2.24, 2.45) is 0 Å². The van der Waals surface area contributed by atoms with Gasteiger partial charge in [-0.1, -0.05) is 6.92 Å². The largest absolute Gasteiger partial charge is 0.550 e. The van der Waals surface area contributed by atoms with Crippen LogP contribution in [0.15, 0.2) is 0 Å². The van der Waals surface area contributed by atoms with Crippen LogP contribution in [0.25, 0.3) is 0 Å². The van der Waals surface area contributed by atoms with Gasteiger partial charge in [0, 0.05) is 5.97 Å². The van der Waals surface area contributed by atoms with Gasteiger partial charge in [-0.15, -0.1) is 0 Å². The Balaban J connectivity index is 0. The van der Waals surface area contributed by atoms with E-state index in [4.69, 9.17) is 0 Å². The molecule has 0 amide bonds. The molecule has 0 spiro atoms. The number of carboxylic acid groups (broad SMARTS) is 1. The molecule has 3 N–H and O–H groups in total. The summed E-state index contributed by atoms with van der Waals surface area (Å²) >= 11 is 0. The van der Waals surface area contributed by atoms with E-state index in [2.05, 4.69) is 5.73 Å². The minimum Gasteiger partial charge on any atom is -0.550 e. The monoisotopic (exact) mass is 119 g/mol. The van der Waals surface area contributed by atoms with Crippen molar-refractivity contribution in [3.05, 3.63) is 0 Å². The Bertz CT molecular complexity index is 54.4. The summed E-state index contributed by atoms with van der Waals surface area (Å²) in [5, 5.41) is 9.26. The van der Waals surface area contributed by atoms with Crippen LogP contribution in [0.1, 0.15) is 20.3 Å². The molecule has 0 saturated carbocycles. The first-order valence-corrected chi connectivity index (χ1v) is 2.68. The summed E-state index contributed by atoms with van der Waals surface area (Å²) in [6, 6.07) is 0. The van der Waals surface area contributed by atoms with E-state index in [-0.39, 0.29) is 6.42 Å². The summed E-state index contributed by atoms with van der Waals surface area (Å²) in [6.07, 6.45) is 0.111. The number of hydrogen-bond donors (Lipinski definition) is 1. The fraction of sp³-hybridized carbons (Fsp3) is 0.800. The minimum atomic E-state index is -0.995. The number of carboxylic acids is 1. The van der Waals surface area contributed by atoms with Crippen LogP contribution < -0.4 is 10.8 Å². The molecule has 0 aliphatic heterocycles. The molecule has 0 saturated heterocycles. The number of quaternary nitrogens is 1. The Kier molecular flexibility index (Phi) is 12.6. The average Bonchev–Trinajstić information content (AvgIpc) is 1.69. The van der Waals surface area contributed by atoms with Gasteiger partial charge >= 0.3 is 0 Å². The molecule has 0 aromatic carbocycles. The first-order valence-electron chi connectivity index (χ1n) is 2.68. The van der Waals surface area contributed by atoms with Gasteiger partial charge in [0.15, 0.2) is 0 Å². The van der Waals surface area contributed by atoms with Crippen molar-refractivity contribution in [1.29, 1.82) is 0 Å². The topological polar surface area (TPSA) is 67.8 Å². The standard InChI is InChI=1S/C3H6O2.C2H7N/c1-2-3(4)5;1-2-3/h2H2,1H3,(H,4,5);2-3H2,1H3. The fourth-order valence-electron chi connectivity index (χ4n) is 0. The first-order chi connectivity index (χ1) is 3.68. The van der Waals surface area contributed by atoms with Gasteiger partial charge < -0.3 is 15.6 Å². The molecule has 0 aliphatic carbocycles. The second-order valence-corrected chi connectivity index (χ2v) is 1.23. The van der Waals surface area contributed by atoms with Crippen LogP contribution in [-0.2, 0) is 4.79 Å². The van der Waals surface area contributed by atoms with E-state index in [1.54, 1.807) is 0 Å². The molecule has 0 heterocycles. The summed E-state index contributed by atoms with van der Waals surface area (Å²) in [4.78, 5) is 9.26. The van der Waals surface area contributed by atoms with Crippen molar-refractivity contribution < 1.29 is 15.6 Å². The summed E-state index contributed by atoms with van der Waals surface area (Å²) in [5.41, 5.74) is 3.49. The first kappa shape index (κ1) is 10.4. The molecule has 0 aromatic heterocycles. The smallest absolute Gasteiger partial charge is 0.0711 e. The van der Waals surface area contributed by atoms with Crippen LogP contribution in [0.2, 0.25) is 0 Å². The van der Waals surface area contributed by atoms with E-state index in [9.17, 15) is 9.90 Å². The van der Waals surface area contributed by atoms with E-state index in [0.29, 0.717) is 0 Å². The molecule has 50 valence electrons. The highest BCUT2D eigenvalue weighted by molar-refractivity contribution is 5.63. The molecule has 0 atom stereocenters. The maximum Gasteiger partial charge on any atom is 0.0711 e. The summed E-state index contributed by atoms with van der Waals surface area (Å²) < 4.78 is 0. The molecule has 0 rings (SSSR count). The van der Waals surface area contributed by atoms with Crippen molar-refractivity contribution in [2.75, 3.05) is 6.54 Å². The van der Waals surface area contributed by atoms with Gasteiger partial charge in [-0.05, 0) is 13.3 Å². The van der Waals surface area contributed by atoms with Gasteiger partial charge in [0.1, 0.15) is 0 Å². The molecule has 0 aromatic rings. The molecule has 3 nitrogen and oxygen atoms in total. The van der Waals surface area contributed by atoms with Crippen LogP contribution >= 0.6 is 0 Å². The van der Waals surface area contributed by atoms with E-state index in [1.807, 2.05) is 6.92 Å². The highest BCUT2D eigenvalue weighted by atomic mass is 16.4.